The summed E-state index contributed by atoms with van der Waals surface area (Å²) in [4.78, 5) is 43.1. The van der Waals surface area contributed by atoms with Gasteiger partial charge in [0.2, 0.25) is 11.8 Å². The molecule has 2 amide bonds. The van der Waals surface area contributed by atoms with Gasteiger partial charge in [-0.1, -0.05) is 30.5 Å². The number of carbonyl (C=O) groups is 2. The lowest BCUT2D eigenvalue weighted by molar-refractivity contribution is -0.384. The largest absolute Gasteiger partial charge is 0.365 e. The summed E-state index contributed by atoms with van der Waals surface area (Å²) in [7, 11) is 0. The molecule has 0 bridgehead atoms. The van der Waals surface area contributed by atoms with E-state index >= 15 is 0 Å². The molecule has 178 valence electrons. The Morgan fingerprint density at radius 2 is 1.53 bits per heavy atom. The molecule has 3 aliphatic rings. The van der Waals surface area contributed by atoms with Gasteiger partial charge in [-0.2, -0.15) is 0 Å². The highest BCUT2D eigenvalue weighted by Gasteiger charge is 2.49. The Kier molecular flexibility index (Phi) is 5.75. The number of aryl methyl sites for hydroxylation is 1. The Labute approximate surface area is 199 Å². The molecule has 34 heavy (non-hydrogen) atoms. The number of carbonyl (C=O) groups excluding carboxylic acids is 2. The van der Waals surface area contributed by atoms with Gasteiger partial charge in [0.1, 0.15) is 5.69 Å². The minimum atomic E-state index is -0.409. The van der Waals surface area contributed by atoms with Gasteiger partial charge < -0.3 is 9.80 Å². The van der Waals surface area contributed by atoms with E-state index in [1.165, 1.54) is 16.5 Å². The van der Waals surface area contributed by atoms with Crippen molar-refractivity contribution in [2.24, 2.45) is 11.8 Å². The van der Waals surface area contributed by atoms with E-state index in [-0.39, 0.29) is 35.4 Å². The number of nitro groups is 1. The Morgan fingerprint density at radius 1 is 0.912 bits per heavy atom. The maximum absolute atomic E-state index is 13.0. The van der Waals surface area contributed by atoms with E-state index in [0.717, 1.165) is 37.9 Å². The van der Waals surface area contributed by atoms with Gasteiger partial charge >= 0.3 is 0 Å². The third kappa shape index (κ3) is 3.81. The number of benzene rings is 2. The van der Waals surface area contributed by atoms with Gasteiger partial charge in [-0.25, -0.2) is 4.90 Å². The lowest BCUT2D eigenvalue weighted by Gasteiger charge is -2.42. The monoisotopic (exact) mass is 462 g/mol. The first kappa shape index (κ1) is 22.4. The van der Waals surface area contributed by atoms with Gasteiger partial charge in [-0.3, -0.25) is 19.7 Å². The predicted molar refractivity (Wildman–Crippen MR) is 131 cm³/mol. The van der Waals surface area contributed by atoms with Gasteiger partial charge in [0.15, 0.2) is 0 Å². The maximum atomic E-state index is 13.0. The fraction of sp³-hybridized carbons (Fsp3) is 0.462. The minimum Gasteiger partial charge on any atom is -0.365 e. The van der Waals surface area contributed by atoms with Gasteiger partial charge in [0, 0.05) is 37.4 Å². The summed E-state index contributed by atoms with van der Waals surface area (Å²) in [5.74, 6) is -0.986. The summed E-state index contributed by atoms with van der Waals surface area (Å²) in [6, 6.07) is 13.4. The molecule has 0 unspecified atom stereocenters. The lowest BCUT2D eigenvalue weighted by Crippen LogP contribution is -2.52. The second kappa shape index (κ2) is 8.74. The fourth-order valence-corrected chi connectivity index (χ4v) is 5.78. The molecular weight excluding hydrogens is 432 g/mol. The summed E-state index contributed by atoms with van der Waals surface area (Å²) >= 11 is 0. The number of fused-ring (bicyclic) bond motifs is 1. The number of hydrogen-bond donors (Lipinski definition) is 0. The second-order valence-corrected chi connectivity index (χ2v) is 9.76. The van der Waals surface area contributed by atoms with Crippen molar-refractivity contribution in [3.63, 3.8) is 0 Å². The van der Waals surface area contributed by atoms with Gasteiger partial charge in [0.05, 0.1) is 22.4 Å². The van der Waals surface area contributed by atoms with Gasteiger partial charge in [-0.15, -0.1) is 0 Å². The van der Waals surface area contributed by atoms with Gasteiger partial charge in [0.25, 0.3) is 5.69 Å². The van der Waals surface area contributed by atoms with Crippen LogP contribution in [0.5, 0.6) is 0 Å². The van der Waals surface area contributed by atoms with E-state index in [1.54, 1.807) is 12.1 Å². The summed E-state index contributed by atoms with van der Waals surface area (Å²) < 4.78 is 0. The Bertz CT molecular complexity index is 1110. The minimum absolute atomic E-state index is 0.0658. The zero-order valence-corrected chi connectivity index (χ0v) is 19.6. The fourth-order valence-electron chi connectivity index (χ4n) is 5.78. The molecular formula is C26H30N4O4. The highest BCUT2D eigenvalue weighted by atomic mass is 16.6. The van der Waals surface area contributed by atoms with Crippen LogP contribution in [0.2, 0.25) is 0 Å². The van der Waals surface area contributed by atoms with Crippen LogP contribution in [-0.2, 0) is 9.59 Å². The quantitative estimate of drug-likeness (QED) is 0.383. The molecule has 0 radical (unpaired) electrons. The topological polar surface area (TPSA) is 87.0 Å². The molecule has 1 saturated carbocycles. The molecule has 0 N–H and O–H groups in total. The van der Waals surface area contributed by atoms with Crippen molar-refractivity contribution in [3.05, 3.63) is 58.1 Å². The standard InChI is InChI=1S/C26H30N4O4/c1-17-7-9-19(10-8-17)28-14-13-27(16-18(28)2)23-12-11-20(15-24(23)30(33)34)29-25(31)21-5-3-4-6-22(21)26(29)32/h7-12,15,18,21-22H,3-6,13-14,16H2,1-2H3/t18-,21-,22-/m1/s1. The van der Waals surface area contributed by atoms with Crippen molar-refractivity contribution < 1.29 is 14.5 Å². The predicted octanol–water partition coefficient (Wildman–Crippen LogP) is 4.30. The molecule has 5 rings (SSSR count). The first-order valence-corrected chi connectivity index (χ1v) is 12.1. The highest BCUT2D eigenvalue weighted by molar-refractivity contribution is 6.22. The molecule has 2 heterocycles. The Hall–Kier alpha value is -3.42. The third-order valence-corrected chi connectivity index (χ3v) is 7.59. The van der Waals surface area contributed by atoms with E-state index in [1.807, 2.05) is 4.90 Å². The SMILES string of the molecule is Cc1ccc(N2CCN(c3ccc(N4C(=O)[C@@H]5CCCC[C@H]5C4=O)cc3[N+](=O)[O-])C[C@H]2C)cc1. The normalized spacial score (nSPS) is 25.0. The number of amides is 2. The maximum Gasteiger partial charge on any atom is 0.294 e. The number of rotatable bonds is 4. The molecule has 3 fully saturated rings. The number of anilines is 3. The van der Waals surface area contributed by atoms with Crippen molar-refractivity contribution in [2.75, 3.05) is 34.3 Å². The summed E-state index contributed by atoms with van der Waals surface area (Å²) in [5, 5.41) is 12.0. The van der Waals surface area contributed by atoms with E-state index < -0.39 is 4.92 Å². The molecule has 1 aliphatic carbocycles. The van der Waals surface area contributed by atoms with Crippen molar-refractivity contribution >= 4 is 34.6 Å². The van der Waals surface area contributed by atoms with Crippen LogP contribution < -0.4 is 14.7 Å². The molecule has 0 spiro atoms. The number of nitro benzene ring substituents is 1. The van der Waals surface area contributed by atoms with E-state index in [2.05, 4.69) is 43.0 Å². The zero-order valence-electron chi connectivity index (χ0n) is 19.6. The molecule has 2 saturated heterocycles. The number of nitrogens with zero attached hydrogens (tertiary/aromatic N) is 4. The van der Waals surface area contributed by atoms with Gasteiger partial charge in [-0.05, 0) is 51.0 Å². The highest BCUT2D eigenvalue weighted by Crippen LogP contribution is 2.42. The second-order valence-electron chi connectivity index (χ2n) is 9.76. The molecule has 2 aromatic rings. The molecule has 2 aromatic carbocycles. The average molecular weight is 463 g/mol. The van der Waals surface area contributed by atoms with E-state index in [0.29, 0.717) is 24.5 Å². The summed E-state index contributed by atoms with van der Waals surface area (Å²) in [6.07, 6.45) is 3.32. The van der Waals surface area contributed by atoms with Crippen molar-refractivity contribution in [1.82, 2.24) is 0 Å². The number of piperazine rings is 1. The average Bonchev–Trinajstić information content (AvgIpc) is 3.09. The first-order valence-electron chi connectivity index (χ1n) is 12.1. The summed E-state index contributed by atoms with van der Waals surface area (Å²) in [6.45, 7) is 6.21. The van der Waals surface area contributed by atoms with Crippen LogP contribution in [0.1, 0.15) is 38.2 Å². The van der Waals surface area contributed by atoms with Crippen LogP contribution in [-0.4, -0.2) is 42.4 Å². The van der Waals surface area contributed by atoms with Crippen LogP contribution in [0.3, 0.4) is 0 Å². The van der Waals surface area contributed by atoms with Crippen LogP contribution >= 0.6 is 0 Å². The first-order chi connectivity index (χ1) is 16.3. The smallest absolute Gasteiger partial charge is 0.294 e. The molecule has 2 aliphatic heterocycles. The van der Waals surface area contributed by atoms with Crippen LogP contribution in [0.15, 0.2) is 42.5 Å². The summed E-state index contributed by atoms with van der Waals surface area (Å²) in [5.41, 5.74) is 3.13. The Morgan fingerprint density at radius 3 is 2.12 bits per heavy atom. The molecule has 3 atom stereocenters. The van der Waals surface area contributed by atoms with Crippen molar-refractivity contribution in [1.29, 1.82) is 0 Å². The van der Waals surface area contributed by atoms with E-state index in [4.69, 9.17) is 0 Å². The Balaban J connectivity index is 1.39. The molecule has 8 heteroatoms. The van der Waals surface area contributed by atoms with E-state index in [9.17, 15) is 19.7 Å². The lowest BCUT2D eigenvalue weighted by atomic mass is 9.81. The number of hydrogen-bond acceptors (Lipinski definition) is 6. The molecule has 8 nitrogen and oxygen atoms in total. The zero-order chi connectivity index (χ0) is 24.0. The van der Waals surface area contributed by atoms with Crippen LogP contribution in [0.25, 0.3) is 0 Å². The van der Waals surface area contributed by atoms with Crippen LogP contribution in [0, 0.1) is 28.9 Å². The molecule has 0 aromatic heterocycles. The third-order valence-electron chi connectivity index (χ3n) is 7.59. The van der Waals surface area contributed by atoms with Crippen molar-refractivity contribution in [2.45, 2.75) is 45.6 Å². The number of imide groups is 1. The van der Waals surface area contributed by atoms with Crippen LogP contribution in [0.4, 0.5) is 22.7 Å². The van der Waals surface area contributed by atoms with Crippen molar-refractivity contribution in [3.8, 4) is 0 Å².